The molecule has 6 nitrogen and oxygen atoms in total. The third-order valence-electron chi connectivity index (χ3n) is 3.24. The van der Waals surface area contributed by atoms with Gasteiger partial charge in [0.25, 0.3) is 5.91 Å². The van der Waals surface area contributed by atoms with Crippen LogP contribution in [0.15, 0.2) is 4.42 Å². The molecule has 2 heterocycles. The summed E-state index contributed by atoms with van der Waals surface area (Å²) in [7, 11) is 0. The summed E-state index contributed by atoms with van der Waals surface area (Å²) in [5.74, 6) is -2.54. The fourth-order valence-electron chi connectivity index (χ4n) is 1.97. The molecular formula is C13H15F3N4O2S. The number of halogens is 3. The minimum Gasteiger partial charge on any atom is -0.427 e. The number of aromatic nitrogens is 3. The van der Waals surface area contributed by atoms with E-state index >= 15 is 0 Å². The monoisotopic (exact) mass is 348 g/mol. The van der Waals surface area contributed by atoms with Crippen LogP contribution in [0.1, 0.15) is 59.8 Å². The highest BCUT2D eigenvalue weighted by molar-refractivity contribution is 7.15. The molecule has 0 unspecified atom stereocenters. The summed E-state index contributed by atoms with van der Waals surface area (Å²) in [5, 5.41) is 11.2. The number of oxazole rings is 1. The van der Waals surface area contributed by atoms with E-state index in [1.54, 1.807) is 0 Å². The standard InChI is InChI=1S/C13H15F3N4O2S/c1-4-7(5-2)10-19-20-12(23-10)18-9(21)8-6(3)17-11(22-8)13(14,15)16/h7H,4-5H2,1-3H3,(H,18,20,21). The number of carbonyl (C=O) groups excluding carboxylic acids is 1. The van der Waals surface area contributed by atoms with Crippen molar-refractivity contribution in [3.05, 3.63) is 22.4 Å². The molecule has 0 bridgehead atoms. The van der Waals surface area contributed by atoms with Crippen LogP contribution < -0.4 is 5.32 Å². The van der Waals surface area contributed by atoms with Crippen molar-refractivity contribution in [1.29, 1.82) is 0 Å². The van der Waals surface area contributed by atoms with Crippen molar-refractivity contribution in [2.75, 3.05) is 5.32 Å². The van der Waals surface area contributed by atoms with E-state index in [0.717, 1.165) is 17.8 Å². The Hall–Kier alpha value is -1.97. The van der Waals surface area contributed by atoms with Crippen LogP contribution in [0.4, 0.5) is 18.3 Å². The van der Waals surface area contributed by atoms with Crippen molar-refractivity contribution in [2.24, 2.45) is 0 Å². The maximum atomic E-state index is 12.5. The van der Waals surface area contributed by atoms with E-state index in [4.69, 9.17) is 0 Å². The molecule has 0 spiro atoms. The van der Waals surface area contributed by atoms with Gasteiger partial charge in [-0.05, 0) is 19.8 Å². The number of anilines is 1. The summed E-state index contributed by atoms with van der Waals surface area (Å²) in [6.45, 7) is 5.30. The third-order valence-corrected chi connectivity index (χ3v) is 4.24. The molecule has 1 N–H and O–H groups in total. The van der Waals surface area contributed by atoms with Gasteiger partial charge in [-0.3, -0.25) is 10.1 Å². The SMILES string of the molecule is CCC(CC)c1nnc(NC(=O)c2oc(C(F)(F)F)nc2C)s1. The molecule has 126 valence electrons. The lowest BCUT2D eigenvalue weighted by Crippen LogP contribution is -2.12. The molecule has 10 heteroatoms. The van der Waals surface area contributed by atoms with Crippen LogP contribution in [-0.2, 0) is 6.18 Å². The number of rotatable bonds is 5. The number of hydrogen-bond acceptors (Lipinski definition) is 6. The van der Waals surface area contributed by atoms with Crippen molar-refractivity contribution in [2.45, 2.75) is 45.7 Å². The van der Waals surface area contributed by atoms with Crippen LogP contribution in [-0.4, -0.2) is 21.1 Å². The number of carbonyl (C=O) groups is 1. The molecule has 2 aromatic rings. The smallest absolute Gasteiger partial charge is 0.427 e. The largest absolute Gasteiger partial charge is 0.468 e. The minimum absolute atomic E-state index is 0.139. The number of aryl methyl sites for hydroxylation is 1. The molecule has 0 atom stereocenters. The minimum atomic E-state index is -4.74. The summed E-state index contributed by atoms with van der Waals surface area (Å²) in [6.07, 6.45) is -2.97. The molecule has 1 amide bonds. The molecule has 0 aliphatic carbocycles. The fourth-order valence-corrected chi connectivity index (χ4v) is 2.98. The topological polar surface area (TPSA) is 80.9 Å². The van der Waals surface area contributed by atoms with Gasteiger partial charge in [-0.2, -0.15) is 13.2 Å². The van der Waals surface area contributed by atoms with Crippen LogP contribution in [0.3, 0.4) is 0 Å². The Kier molecular flexibility index (Phi) is 5.03. The second-order valence-electron chi connectivity index (χ2n) is 4.84. The van der Waals surface area contributed by atoms with Crippen molar-refractivity contribution in [3.8, 4) is 0 Å². The number of hydrogen-bond donors (Lipinski definition) is 1. The quantitative estimate of drug-likeness (QED) is 0.883. The van der Waals surface area contributed by atoms with Gasteiger partial charge in [0, 0.05) is 5.92 Å². The molecular weight excluding hydrogens is 333 g/mol. The zero-order valence-corrected chi connectivity index (χ0v) is 13.5. The Bertz CT molecular complexity index is 692. The third kappa shape index (κ3) is 3.87. The first-order valence-corrected chi connectivity index (χ1v) is 7.77. The van der Waals surface area contributed by atoms with Crippen LogP contribution in [0.25, 0.3) is 0 Å². The number of amides is 1. The van der Waals surface area contributed by atoms with Gasteiger partial charge >= 0.3 is 12.1 Å². The van der Waals surface area contributed by atoms with Crippen LogP contribution in [0.2, 0.25) is 0 Å². The summed E-state index contributed by atoms with van der Waals surface area (Å²) in [4.78, 5) is 15.2. The average molecular weight is 348 g/mol. The Labute approximate surface area is 134 Å². The van der Waals surface area contributed by atoms with Gasteiger partial charge in [-0.25, -0.2) is 4.98 Å². The number of alkyl halides is 3. The number of nitrogens with one attached hydrogen (secondary N) is 1. The highest BCUT2D eigenvalue weighted by Gasteiger charge is 2.39. The lowest BCUT2D eigenvalue weighted by molar-refractivity contribution is -0.157. The fraction of sp³-hybridized carbons (Fsp3) is 0.538. The zero-order chi connectivity index (χ0) is 17.2. The van der Waals surface area contributed by atoms with Gasteiger partial charge in [0.1, 0.15) is 5.01 Å². The zero-order valence-electron chi connectivity index (χ0n) is 12.7. The molecule has 23 heavy (non-hydrogen) atoms. The van der Waals surface area contributed by atoms with E-state index in [2.05, 4.69) is 24.9 Å². The Morgan fingerprint density at radius 2 is 1.96 bits per heavy atom. The van der Waals surface area contributed by atoms with Crippen LogP contribution in [0.5, 0.6) is 0 Å². The molecule has 0 aliphatic rings. The Balaban J connectivity index is 2.15. The van der Waals surface area contributed by atoms with Crippen molar-refractivity contribution in [3.63, 3.8) is 0 Å². The average Bonchev–Trinajstić information content (AvgIpc) is 3.07. The number of nitrogens with zero attached hydrogens (tertiary/aromatic N) is 3. The highest BCUT2D eigenvalue weighted by atomic mass is 32.1. The molecule has 0 aliphatic heterocycles. The molecule has 0 saturated carbocycles. The first kappa shape index (κ1) is 17.4. The Morgan fingerprint density at radius 3 is 2.48 bits per heavy atom. The first-order chi connectivity index (χ1) is 10.8. The maximum Gasteiger partial charge on any atom is 0.468 e. The maximum absolute atomic E-state index is 12.5. The van der Waals surface area contributed by atoms with E-state index in [1.165, 1.54) is 18.3 Å². The van der Waals surface area contributed by atoms with Crippen molar-refractivity contribution in [1.82, 2.24) is 15.2 Å². The summed E-state index contributed by atoms with van der Waals surface area (Å²) in [5.41, 5.74) is -0.139. The van der Waals surface area contributed by atoms with E-state index in [9.17, 15) is 18.0 Å². The molecule has 0 radical (unpaired) electrons. The summed E-state index contributed by atoms with van der Waals surface area (Å²) < 4.78 is 42.1. The lowest BCUT2D eigenvalue weighted by Gasteiger charge is -2.05. The molecule has 2 aromatic heterocycles. The summed E-state index contributed by atoms with van der Waals surface area (Å²) >= 11 is 1.19. The van der Waals surface area contributed by atoms with Gasteiger partial charge in [0.15, 0.2) is 0 Å². The van der Waals surface area contributed by atoms with Gasteiger partial charge in [-0.1, -0.05) is 25.2 Å². The van der Waals surface area contributed by atoms with Gasteiger partial charge in [0.2, 0.25) is 10.9 Å². The van der Waals surface area contributed by atoms with E-state index in [0.29, 0.717) is 0 Å². The first-order valence-electron chi connectivity index (χ1n) is 6.95. The predicted octanol–water partition coefficient (Wildman–Crippen LogP) is 4.01. The molecule has 0 saturated heterocycles. The van der Waals surface area contributed by atoms with Gasteiger partial charge in [0.05, 0.1) is 5.69 Å². The second-order valence-corrected chi connectivity index (χ2v) is 5.85. The van der Waals surface area contributed by atoms with E-state index < -0.39 is 23.7 Å². The van der Waals surface area contributed by atoms with Crippen LogP contribution >= 0.6 is 11.3 Å². The van der Waals surface area contributed by atoms with E-state index in [-0.39, 0.29) is 16.7 Å². The van der Waals surface area contributed by atoms with Crippen molar-refractivity contribution >= 4 is 22.4 Å². The van der Waals surface area contributed by atoms with Gasteiger partial charge in [-0.15, -0.1) is 10.2 Å². The van der Waals surface area contributed by atoms with E-state index in [1.807, 2.05) is 13.8 Å². The molecule has 2 rings (SSSR count). The summed E-state index contributed by atoms with van der Waals surface area (Å²) in [6, 6.07) is 0. The van der Waals surface area contributed by atoms with Crippen molar-refractivity contribution < 1.29 is 22.4 Å². The second kappa shape index (κ2) is 6.65. The van der Waals surface area contributed by atoms with Crippen LogP contribution in [0, 0.1) is 6.92 Å². The lowest BCUT2D eigenvalue weighted by atomic mass is 10.1. The predicted molar refractivity (Wildman–Crippen MR) is 77.4 cm³/mol. The molecule has 0 aromatic carbocycles. The normalized spacial score (nSPS) is 12.0. The molecule has 0 fully saturated rings. The van der Waals surface area contributed by atoms with Gasteiger partial charge < -0.3 is 4.42 Å². The Morgan fingerprint density at radius 1 is 1.30 bits per heavy atom. The highest BCUT2D eigenvalue weighted by Crippen LogP contribution is 2.31.